The Hall–Kier alpha value is -1.59. The Kier molecular flexibility index (Phi) is 7.22. The molecule has 2 aromatic rings. The lowest BCUT2D eigenvalue weighted by atomic mass is 9.88. The second-order valence-corrected chi connectivity index (χ2v) is 9.21. The predicted octanol–water partition coefficient (Wildman–Crippen LogP) is 8.10. The van der Waals surface area contributed by atoms with E-state index in [1.807, 2.05) is 36.4 Å². The quantitative estimate of drug-likeness (QED) is 0.425. The Labute approximate surface area is 196 Å². The van der Waals surface area contributed by atoms with Crippen molar-refractivity contribution in [3.05, 3.63) is 86.9 Å². The van der Waals surface area contributed by atoms with Gasteiger partial charge >= 0.3 is 0 Å². The zero-order chi connectivity index (χ0) is 22.0. The van der Waals surface area contributed by atoms with Crippen molar-refractivity contribution in [1.29, 1.82) is 0 Å². The highest BCUT2D eigenvalue weighted by atomic mass is 35.5. The van der Waals surface area contributed by atoms with E-state index in [9.17, 15) is 8.78 Å². The lowest BCUT2D eigenvalue weighted by Crippen LogP contribution is -2.40. The van der Waals surface area contributed by atoms with E-state index in [1.54, 1.807) is 6.07 Å². The minimum atomic E-state index is -0.847. The van der Waals surface area contributed by atoms with Crippen LogP contribution in [-0.4, -0.2) is 19.3 Å². The van der Waals surface area contributed by atoms with Crippen molar-refractivity contribution in [3.63, 3.8) is 0 Å². The number of rotatable bonds is 5. The average molecular weight is 485 g/mol. The first-order chi connectivity index (χ1) is 14.9. The molecule has 0 radical (unpaired) electrons. The molecule has 0 amide bonds. The molecule has 31 heavy (non-hydrogen) atoms. The van der Waals surface area contributed by atoms with Crippen LogP contribution in [0.15, 0.2) is 66.3 Å². The molecule has 3 atom stereocenters. The Morgan fingerprint density at radius 1 is 0.935 bits per heavy atom. The second kappa shape index (κ2) is 9.91. The predicted molar refractivity (Wildman–Crippen MR) is 123 cm³/mol. The Balaban J connectivity index is 1.51. The topological polar surface area (TPSA) is 12.5 Å². The molecule has 2 aliphatic rings. The Bertz CT molecular complexity index is 993. The second-order valence-electron chi connectivity index (χ2n) is 7.93. The van der Waals surface area contributed by atoms with E-state index >= 15 is 0 Å². The van der Waals surface area contributed by atoms with E-state index in [0.29, 0.717) is 28.1 Å². The number of piperidine rings is 1. The van der Waals surface area contributed by atoms with Gasteiger partial charge in [0, 0.05) is 27.3 Å². The van der Waals surface area contributed by atoms with Crippen molar-refractivity contribution < 1.29 is 13.5 Å². The van der Waals surface area contributed by atoms with Crippen molar-refractivity contribution in [2.24, 2.45) is 5.92 Å². The van der Waals surface area contributed by atoms with Crippen molar-refractivity contribution in [2.45, 2.75) is 31.4 Å². The van der Waals surface area contributed by atoms with Gasteiger partial charge in [0.2, 0.25) is 0 Å². The summed E-state index contributed by atoms with van der Waals surface area (Å²) in [5, 5.41) is 1.92. The van der Waals surface area contributed by atoms with Crippen LogP contribution in [0.25, 0.3) is 0 Å². The van der Waals surface area contributed by atoms with Crippen LogP contribution in [0.4, 0.5) is 14.5 Å². The summed E-state index contributed by atoms with van der Waals surface area (Å²) in [5.41, 5.74) is 2.07. The van der Waals surface area contributed by atoms with Crippen molar-refractivity contribution >= 4 is 40.5 Å². The number of allylic oxidation sites excluding steroid dienone is 2. The van der Waals surface area contributed by atoms with Gasteiger partial charge in [-0.25, -0.2) is 8.78 Å². The largest absolute Gasteiger partial charge is 0.373 e. The maximum Gasteiger partial charge on any atom is 0.157 e. The zero-order valence-electron chi connectivity index (χ0n) is 16.7. The molecule has 1 saturated heterocycles. The fraction of sp³-hybridized carbons (Fsp3) is 0.333. The van der Waals surface area contributed by atoms with Crippen molar-refractivity contribution in [3.8, 4) is 0 Å². The molecule has 2 nitrogen and oxygen atoms in total. The summed E-state index contributed by atoms with van der Waals surface area (Å²) < 4.78 is 32.6. The van der Waals surface area contributed by atoms with Gasteiger partial charge in [0.05, 0.1) is 18.8 Å². The number of nitrogens with zero attached hydrogens (tertiary/aromatic N) is 1. The first-order valence-electron chi connectivity index (χ1n) is 10.2. The highest BCUT2D eigenvalue weighted by Gasteiger charge is 2.31. The van der Waals surface area contributed by atoms with Crippen LogP contribution in [0.3, 0.4) is 0 Å². The van der Waals surface area contributed by atoms with Gasteiger partial charge in [0.25, 0.3) is 0 Å². The van der Waals surface area contributed by atoms with Crippen LogP contribution in [-0.2, 0) is 4.74 Å². The number of hydrogen-bond acceptors (Lipinski definition) is 2. The number of ether oxygens (including phenoxy) is 1. The number of halogens is 5. The van der Waals surface area contributed by atoms with Crippen LogP contribution in [0.2, 0.25) is 15.1 Å². The van der Waals surface area contributed by atoms with E-state index in [0.717, 1.165) is 30.6 Å². The van der Waals surface area contributed by atoms with E-state index in [-0.39, 0.29) is 12.0 Å². The van der Waals surface area contributed by atoms with Crippen LogP contribution >= 0.6 is 34.8 Å². The summed E-state index contributed by atoms with van der Waals surface area (Å²) in [7, 11) is 0. The molecular weight excluding hydrogens is 463 g/mol. The smallest absolute Gasteiger partial charge is 0.157 e. The lowest BCUT2D eigenvalue weighted by Gasteiger charge is -2.42. The molecule has 1 aliphatic carbocycles. The number of anilines is 1. The maximum absolute atomic E-state index is 13.5. The Morgan fingerprint density at radius 2 is 1.68 bits per heavy atom. The standard InChI is InChI=1S/C24H22Cl3F2NO/c25-16-2-5-18(6-3-16)30-13-15(14-31-19-7-9-22(28)23(29)12-19)1-10-24(30)20-8-4-17(26)11-21(20)27/h2-6,8-9,11-12,15,19,24H,1,7,10,13-14H2. The molecule has 0 bridgehead atoms. The van der Waals surface area contributed by atoms with Crippen molar-refractivity contribution in [1.82, 2.24) is 0 Å². The van der Waals surface area contributed by atoms with Crippen LogP contribution in [0, 0.1) is 5.92 Å². The number of hydrogen-bond donors (Lipinski definition) is 0. The van der Waals surface area contributed by atoms with E-state index in [1.165, 1.54) is 12.2 Å². The van der Waals surface area contributed by atoms with Gasteiger partial charge in [0.1, 0.15) is 0 Å². The molecule has 0 saturated carbocycles. The minimum absolute atomic E-state index is 0.0891. The zero-order valence-corrected chi connectivity index (χ0v) is 19.0. The fourth-order valence-electron chi connectivity index (χ4n) is 4.20. The Morgan fingerprint density at radius 3 is 2.39 bits per heavy atom. The normalized spacial score (nSPS) is 24.0. The highest BCUT2D eigenvalue weighted by molar-refractivity contribution is 6.35. The third kappa shape index (κ3) is 5.43. The van der Waals surface area contributed by atoms with Crippen LogP contribution < -0.4 is 4.90 Å². The summed E-state index contributed by atoms with van der Waals surface area (Å²) in [5.74, 6) is -1.42. The van der Waals surface area contributed by atoms with Crippen LogP contribution in [0.5, 0.6) is 0 Å². The molecule has 1 heterocycles. The summed E-state index contributed by atoms with van der Waals surface area (Å²) in [4.78, 5) is 2.31. The van der Waals surface area contributed by atoms with Gasteiger partial charge in [-0.15, -0.1) is 0 Å². The molecule has 0 N–H and O–H groups in total. The number of benzene rings is 2. The van der Waals surface area contributed by atoms with Gasteiger partial charge < -0.3 is 9.64 Å². The third-order valence-corrected chi connectivity index (χ3v) is 6.61. The highest BCUT2D eigenvalue weighted by Crippen LogP contribution is 2.40. The minimum Gasteiger partial charge on any atom is -0.373 e. The van der Waals surface area contributed by atoms with Gasteiger partial charge in [0.15, 0.2) is 11.7 Å². The first kappa shape index (κ1) is 22.6. The fourth-order valence-corrected chi connectivity index (χ4v) is 4.86. The average Bonchev–Trinajstić information content (AvgIpc) is 2.75. The molecular formula is C24H22Cl3F2NO. The van der Waals surface area contributed by atoms with Crippen LogP contribution in [0.1, 0.15) is 30.9 Å². The molecule has 7 heteroatoms. The summed E-state index contributed by atoms with van der Waals surface area (Å²) >= 11 is 18.7. The molecule has 3 unspecified atom stereocenters. The molecule has 0 spiro atoms. The molecule has 4 rings (SSSR count). The van der Waals surface area contributed by atoms with Gasteiger partial charge in [-0.05, 0) is 79.3 Å². The maximum atomic E-state index is 13.5. The van der Waals surface area contributed by atoms with Gasteiger partial charge in [-0.1, -0.05) is 40.9 Å². The SMILES string of the molecule is FC1=CCC(OCC2CCC(c3ccc(Cl)cc3Cl)N(c3ccc(Cl)cc3)C2)C=C1F. The monoisotopic (exact) mass is 483 g/mol. The van der Waals surface area contributed by atoms with Gasteiger partial charge in [-0.3, -0.25) is 0 Å². The molecule has 1 aliphatic heterocycles. The van der Waals surface area contributed by atoms with Crippen molar-refractivity contribution in [2.75, 3.05) is 18.1 Å². The van der Waals surface area contributed by atoms with E-state index in [4.69, 9.17) is 39.5 Å². The van der Waals surface area contributed by atoms with E-state index < -0.39 is 17.8 Å². The van der Waals surface area contributed by atoms with Gasteiger partial charge in [-0.2, -0.15) is 0 Å². The molecule has 2 aromatic carbocycles. The first-order valence-corrected chi connectivity index (χ1v) is 11.4. The summed E-state index contributed by atoms with van der Waals surface area (Å²) in [6.45, 7) is 1.21. The summed E-state index contributed by atoms with van der Waals surface area (Å²) in [6, 6.07) is 13.4. The third-order valence-electron chi connectivity index (χ3n) is 5.79. The summed E-state index contributed by atoms with van der Waals surface area (Å²) in [6.07, 6.45) is 4.16. The van der Waals surface area contributed by atoms with E-state index in [2.05, 4.69) is 4.90 Å². The molecule has 0 aromatic heterocycles. The molecule has 1 fully saturated rings. The molecule has 164 valence electrons. The lowest BCUT2D eigenvalue weighted by molar-refractivity contribution is 0.0496.